The van der Waals surface area contributed by atoms with E-state index in [0.29, 0.717) is 18.8 Å². The fourth-order valence-corrected chi connectivity index (χ4v) is 2.89. The number of ether oxygens (including phenoxy) is 2. The molecule has 0 aliphatic heterocycles. The molecular weight excluding hydrogens is 340 g/mol. The molecule has 0 saturated carbocycles. The largest absolute Gasteiger partial charge is 0.462 e. The molecule has 0 N–H and O–H groups in total. The Morgan fingerprint density at radius 3 is 2.70 bits per heavy atom. The number of esters is 1. The molecule has 2 aromatic heterocycles. The van der Waals surface area contributed by atoms with E-state index in [9.17, 15) is 4.79 Å². The number of carbonyl (C=O) groups excluding carboxylic acids is 1. The molecule has 27 heavy (non-hydrogen) atoms. The van der Waals surface area contributed by atoms with Crippen molar-refractivity contribution in [2.75, 3.05) is 0 Å². The van der Waals surface area contributed by atoms with Crippen molar-refractivity contribution in [3.8, 4) is 5.88 Å². The summed E-state index contributed by atoms with van der Waals surface area (Å²) in [6, 6.07) is 3.98. The molecule has 0 amide bonds. The second-order valence-electron chi connectivity index (χ2n) is 7.63. The minimum Gasteiger partial charge on any atom is -0.462 e. The second kappa shape index (κ2) is 8.42. The Labute approximate surface area is 161 Å². The fraction of sp³-hybridized carbons (Fsp3) is 0.455. The first-order valence-electron chi connectivity index (χ1n) is 9.31. The first-order valence-corrected chi connectivity index (χ1v) is 9.31. The van der Waals surface area contributed by atoms with Crippen LogP contribution < -0.4 is 4.74 Å². The molecule has 5 heteroatoms. The molecule has 2 rings (SSSR count). The van der Waals surface area contributed by atoms with Crippen LogP contribution in [0, 0.1) is 6.92 Å². The lowest BCUT2D eigenvalue weighted by molar-refractivity contribution is -0.163. The maximum Gasteiger partial charge on any atom is 0.347 e. The van der Waals surface area contributed by atoms with E-state index in [4.69, 9.17) is 9.47 Å². The highest BCUT2D eigenvalue weighted by atomic mass is 16.6. The van der Waals surface area contributed by atoms with Gasteiger partial charge in [0.25, 0.3) is 0 Å². The Bertz CT molecular complexity index is 856. The Morgan fingerprint density at radius 2 is 2.11 bits per heavy atom. The van der Waals surface area contributed by atoms with Gasteiger partial charge in [-0.25, -0.2) is 9.78 Å². The summed E-state index contributed by atoms with van der Waals surface area (Å²) in [4.78, 5) is 16.8. The molecule has 0 aromatic carbocycles. The molecule has 0 spiro atoms. The van der Waals surface area contributed by atoms with Gasteiger partial charge in [-0.05, 0) is 58.7 Å². The summed E-state index contributed by atoms with van der Waals surface area (Å²) < 4.78 is 13.6. The third-order valence-corrected chi connectivity index (χ3v) is 4.06. The monoisotopic (exact) mass is 370 g/mol. The van der Waals surface area contributed by atoms with E-state index in [1.165, 1.54) is 0 Å². The van der Waals surface area contributed by atoms with Crippen molar-refractivity contribution in [1.29, 1.82) is 0 Å². The predicted octanol–water partition coefficient (Wildman–Crippen LogP) is 4.98. The van der Waals surface area contributed by atoms with Crippen molar-refractivity contribution in [2.45, 2.75) is 66.2 Å². The lowest BCUT2D eigenvalue weighted by Gasteiger charge is -2.23. The topological polar surface area (TPSA) is 53.4 Å². The zero-order chi connectivity index (χ0) is 20.2. The number of fused-ring (bicyclic) bond motifs is 1. The number of nitrogens with zero attached hydrogens (tertiary/aromatic N) is 2. The van der Waals surface area contributed by atoms with Gasteiger partial charge in [0.2, 0.25) is 5.88 Å². The molecule has 0 bridgehead atoms. The van der Waals surface area contributed by atoms with Gasteiger partial charge in [-0.15, -0.1) is 0 Å². The predicted molar refractivity (Wildman–Crippen MR) is 109 cm³/mol. The minimum atomic E-state index is -0.691. The Morgan fingerprint density at radius 1 is 1.41 bits per heavy atom. The number of aromatic nitrogens is 2. The molecular formula is C22H30N2O3. The quantitative estimate of drug-likeness (QED) is 0.510. The zero-order valence-electron chi connectivity index (χ0n) is 17.2. The van der Waals surface area contributed by atoms with E-state index in [0.717, 1.165) is 22.2 Å². The summed E-state index contributed by atoms with van der Waals surface area (Å²) in [6.07, 6.45) is 5.49. The first-order chi connectivity index (χ1) is 12.7. The summed E-state index contributed by atoms with van der Waals surface area (Å²) in [7, 11) is 0. The highest BCUT2D eigenvalue weighted by molar-refractivity contribution is 5.86. The van der Waals surface area contributed by atoms with Crippen LogP contribution in [0.25, 0.3) is 10.9 Å². The van der Waals surface area contributed by atoms with Crippen molar-refractivity contribution in [3.63, 3.8) is 0 Å². The molecule has 146 valence electrons. The summed E-state index contributed by atoms with van der Waals surface area (Å²) in [5.74, 6) is 0.0742. The molecule has 0 radical (unpaired) electrons. The van der Waals surface area contributed by atoms with E-state index in [2.05, 4.69) is 16.1 Å². The molecule has 0 aliphatic carbocycles. The van der Waals surface area contributed by atoms with Crippen LogP contribution in [0.15, 0.2) is 42.6 Å². The molecule has 1 unspecified atom stereocenters. The van der Waals surface area contributed by atoms with Crippen LogP contribution in [0.1, 0.15) is 46.7 Å². The van der Waals surface area contributed by atoms with E-state index in [1.807, 2.05) is 65.8 Å². The molecule has 0 saturated heterocycles. The van der Waals surface area contributed by atoms with Gasteiger partial charge in [-0.3, -0.25) is 0 Å². The third-order valence-electron chi connectivity index (χ3n) is 4.06. The highest BCUT2D eigenvalue weighted by Gasteiger charge is 2.26. The lowest BCUT2D eigenvalue weighted by Crippen LogP contribution is -2.35. The zero-order valence-corrected chi connectivity index (χ0v) is 17.2. The van der Waals surface area contributed by atoms with Crippen LogP contribution in [0.2, 0.25) is 0 Å². The summed E-state index contributed by atoms with van der Waals surface area (Å²) >= 11 is 0. The smallest absolute Gasteiger partial charge is 0.347 e. The van der Waals surface area contributed by atoms with E-state index >= 15 is 0 Å². The molecule has 2 aromatic rings. The summed E-state index contributed by atoms with van der Waals surface area (Å²) in [5, 5.41) is 0.880. The molecule has 5 nitrogen and oxygen atoms in total. The van der Waals surface area contributed by atoms with Gasteiger partial charge in [0.1, 0.15) is 5.60 Å². The van der Waals surface area contributed by atoms with Crippen LogP contribution in [0.4, 0.5) is 0 Å². The van der Waals surface area contributed by atoms with Gasteiger partial charge < -0.3 is 14.0 Å². The maximum absolute atomic E-state index is 12.4. The Balaban J connectivity index is 2.34. The van der Waals surface area contributed by atoms with E-state index in [-0.39, 0.29) is 5.97 Å². The standard InChI is InChI=1S/C22H30N2O3/c1-8-10-15(3)14-24-16(4)13-17-18(24)11-12-23-20(17)26-19(9-2)21(25)27-22(5,6)7/h8,10-13,19H,3,9,14H2,1-2,4-7H3/b10-8-. The fourth-order valence-electron chi connectivity index (χ4n) is 2.89. The highest BCUT2D eigenvalue weighted by Crippen LogP contribution is 2.29. The average molecular weight is 370 g/mol. The number of allylic oxidation sites excluding steroid dienone is 3. The number of hydrogen-bond donors (Lipinski definition) is 0. The molecule has 1 atom stereocenters. The van der Waals surface area contributed by atoms with E-state index < -0.39 is 11.7 Å². The number of aryl methyl sites for hydroxylation is 1. The average Bonchev–Trinajstić information content (AvgIpc) is 2.88. The summed E-state index contributed by atoms with van der Waals surface area (Å²) in [6.45, 7) is 16.2. The number of pyridine rings is 1. The first kappa shape index (κ1) is 20.7. The molecule has 0 fully saturated rings. The van der Waals surface area contributed by atoms with Crippen molar-refractivity contribution >= 4 is 16.9 Å². The molecule has 2 heterocycles. The van der Waals surface area contributed by atoms with Crippen LogP contribution in [-0.2, 0) is 16.1 Å². The second-order valence-corrected chi connectivity index (χ2v) is 7.63. The lowest BCUT2D eigenvalue weighted by atomic mass is 10.2. The SMILES string of the molecule is C=C(/C=C\C)Cn1c(C)cc2c(OC(CC)C(=O)OC(C)(C)C)nccc21. The number of hydrogen-bond acceptors (Lipinski definition) is 4. The van der Waals surface area contributed by atoms with Gasteiger partial charge in [0, 0.05) is 18.4 Å². The van der Waals surface area contributed by atoms with Crippen molar-refractivity contribution in [3.05, 3.63) is 48.3 Å². The van der Waals surface area contributed by atoms with E-state index in [1.54, 1.807) is 6.20 Å². The Hall–Kier alpha value is -2.56. The number of carbonyl (C=O) groups is 1. The van der Waals surface area contributed by atoms with Gasteiger partial charge in [0.15, 0.2) is 6.10 Å². The van der Waals surface area contributed by atoms with Gasteiger partial charge in [-0.2, -0.15) is 0 Å². The van der Waals surface area contributed by atoms with Crippen LogP contribution in [0.3, 0.4) is 0 Å². The van der Waals surface area contributed by atoms with Gasteiger partial charge in [-0.1, -0.05) is 25.7 Å². The number of rotatable bonds is 7. The van der Waals surface area contributed by atoms with Crippen molar-refractivity contribution < 1.29 is 14.3 Å². The van der Waals surface area contributed by atoms with Crippen LogP contribution >= 0.6 is 0 Å². The minimum absolute atomic E-state index is 0.374. The summed E-state index contributed by atoms with van der Waals surface area (Å²) in [5.41, 5.74) is 2.54. The van der Waals surface area contributed by atoms with Gasteiger partial charge in [0.05, 0.1) is 10.9 Å². The van der Waals surface area contributed by atoms with Crippen molar-refractivity contribution in [1.82, 2.24) is 9.55 Å². The Kier molecular flexibility index (Phi) is 6.47. The van der Waals surface area contributed by atoms with Crippen LogP contribution in [-0.4, -0.2) is 27.2 Å². The normalized spacial score (nSPS) is 13.1. The van der Waals surface area contributed by atoms with Gasteiger partial charge >= 0.3 is 5.97 Å². The molecule has 0 aliphatic rings. The van der Waals surface area contributed by atoms with Crippen LogP contribution in [0.5, 0.6) is 5.88 Å². The van der Waals surface area contributed by atoms with Crippen molar-refractivity contribution in [2.24, 2.45) is 0 Å². The maximum atomic E-state index is 12.4. The third kappa shape index (κ3) is 5.22.